The summed E-state index contributed by atoms with van der Waals surface area (Å²) < 4.78 is 0. The molecule has 0 saturated carbocycles. The van der Waals surface area contributed by atoms with Crippen molar-refractivity contribution in [2.24, 2.45) is 11.3 Å². The van der Waals surface area contributed by atoms with Gasteiger partial charge < -0.3 is 10.2 Å². The van der Waals surface area contributed by atoms with Crippen LogP contribution < -0.4 is 0 Å². The third kappa shape index (κ3) is 1.32. The molecule has 0 aromatic heterocycles. The fourth-order valence-corrected chi connectivity index (χ4v) is 1.61. The van der Waals surface area contributed by atoms with Gasteiger partial charge >= 0.3 is 11.9 Å². The van der Waals surface area contributed by atoms with Gasteiger partial charge in [0.25, 0.3) is 0 Å². The Balaban J connectivity index is 3.19. The first-order valence-corrected chi connectivity index (χ1v) is 4.22. The van der Waals surface area contributed by atoms with E-state index in [-0.39, 0.29) is 6.42 Å². The van der Waals surface area contributed by atoms with E-state index >= 15 is 0 Å². The summed E-state index contributed by atoms with van der Waals surface area (Å²) >= 11 is 0. The molecule has 0 aromatic carbocycles. The summed E-state index contributed by atoms with van der Waals surface area (Å²) in [6.07, 6.45) is 3.45. The lowest BCUT2D eigenvalue weighted by Gasteiger charge is -2.34. The van der Waals surface area contributed by atoms with Crippen molar-refractivity contribution in [3.8, 4) is 0 Å². The first-order chi connectivity index (χ1) is 6.40. The van der Waals surface area contributed by atoms with Crippen LogP contribution in [0.5, 0.6) is 0 Å². The lowest BCUT2D eigenvalue weighted by Crippen LogP contribution is -2.42. The molecule has 14 heavy (non-hydrogen) atoms. The fraction of sp³-hybridized carbons (Fsp3) is 0.400. The van der Waals surface area contributed by atoms with Gasteiger partial charge in [-0.3, -0.25) is 9.59 Å². The summed E-state index contributed by atoms with van der Waals surface area (Å²) in [4.78, 5) is 21.9. The highest BCUT2D eigenvalue weighted by Gasteiger charge is 2.48. The zero-order chi connectivity index (χ0) is 10.9. The maximum Gasteiger partial charge on any atom is 0.314 e. The Morgan fingerprint density at radius 1 is 1.57 bits per heavy atom. The number of carbonyl (C=O) groups is 2. The van der Waals surface area contributed by atoms with Gasteiger partial charge in [0, 0.05) is 0 Å². The zero-order valence-electron chi connectivity index (χ0n) is 7.86. The maximum absolute atomic E-state index is 11.0. The van der Waals surface area contributed by atoms with E-state index in [1.165, 1.54) is 6.92 Å². The number of aliphatic carboxylic acids is 2. The largest absolute Gasteiger partial charge is 0.481 e. The van der Waals surface area contributed by atoms with Gasteiger partial charge in [0.1, 0.15) is 5.41 Å². The lowest BCUT2D eigenvalue weighted by atomic mass is 9.67. The Morgan fingerprint density at radius 2 is 2.14 bits per heavy atom. The molecule has 1 rings (SSSR count). The minimum absolute atomic E-state index is 0.233. The van der Waals surface area contributed by atoms with Crippen molar-refractivity contribution in [1.29, 1.82) is 0 Å². The van der Waals surface area contributed by atoms with Crippen molar-refractivity contribution in [3.05, 3.63) is 24.3 Å². The molecule has 0 heterocycles. The molecule has 0 saturated heterocycles. The predicted octanol–water partition coefficient (Wildman–Crippen LogP) is 1.29. The van der Waals surface area contributed by atoms with Crippen molar-refractivity contribution in [2.75, 3.05) is 0 Å². The molecule has 2 unspecified atom stereocenters. The molecule has 0 bridgehead atoms. The second-order valence-electron chi connectivity index (χ2n) is 3.56. The van der Waals surface area contributed by atoms with Crippen LogP contribution >= 0.6 is 0 Å². The summed E-state index contributed by atoms with van der Waals surface area (Å²) in [7, 11) is 0. The Bertz CT molecular complexity index is 329. The minimum Gasteiger partial charge on any atom is -0.481 e. The van der Waals surface area contributed by atoms with Crippen LogP contribution in [0.4, 0.5) is 0 Å². The van der Waals surface area contributed by atoms with Gasteiger partial charge in [-0.1, -0.05) is 18.7 Å². The molecule has 1 aliphatic rings. The number of carboxylic acid groups (broad SMARTS) is 2. The standard InChI is InChI=1S/C10H12O4/c1-6-4-3-5-7(8(11)12)10(6,2)9(13)14/h3-4,7H,1,5H2,2H3,(H,11,12)(H,13,14). The summed E-state index contributed by atoms with van der Waals surface area (Å²) in [5.74, 6) is -3.17. The van der Waals surface area contributed by atoms with Crippen LogP contribution in [-0.4, -0.2) is 22.2 Å². The van der Waals surface area contributed by atoms with Gasteiger partial charge in [-0.25, -0.2) is 0 Å². The van der Waals surface area contributed by atoms with Crippen LogP contribution in [0.15, 0.2) is 24.3 Å². The van der Waals surface area contributed by atoms with E-state index in [0.717, 1.165) is 0 Å². The van der Waals surface area contributed by atoms with Gasteiger partial charge in [-0.2, -0.15) is 0 Å². The fourth-order valence-electron chi connectivity index (χ4n) is 1.61. The van der Waals surface area contributed by atoms with E-state index in [4.69, 9.17) is 10.2 Å². The molecule has 0 spiro atoms. The van der Waals surface area contributed by atoms with Crippen LogP contribution in [0, 0.1) is 11.3 Å². The monoisotopic (exact) mass is 196 g/mol. The quantitative estimate of drug-likeness (QED) is 0.697. The molecule has 0 aromatic rings. The maximum atomic E-state index is 11.0. The molecule has 4 heteroatoms. The molecule has 0 radical (unpaired) electrons. The molecule has 76 valence electrons. The Labute approximate surface area is 81.6 Å². The normalized spacial score (nSPS) is 31.5. The van der Waals surface area contributed by atoms with E-state index in [1.807, 2.05) is 0 Å². The first-order valence-electron chi connectivity index (χ1n) is 4.22. The molecular weight excluding hydrogens is 184 g/mol. The summed E-state index contributed by atoms with van der Waals surface area (Å²) in [6, 6.07) is 0. The third-order valence-corrected chi connectivity index (χ3v) is 2.80. The van der Waals surface area contributed by atoms with Crippen LogP contribution in [0.1, 0.15) is 13.3 Å². The van der Waals surface area contributed by atoms with Crippen LogP contribution in [0.2, 0.25) is 0 Å². The van der Waals surface area contributed by atoms with E-state index in [0.29, 0.717) is 5.57 Å². The average molecular weight is 196 g/mol. The van der Waals surface area contributed by atoms with E-state index in [1.54, 1.807) is 12.2 Å². The number of hydrogen-bond acceptors (Lipinski definition) is 2. The predicted molar refractivity (Wildman–Crippen MR) is 49.8 cm³/mol. The van der Waals surface area contributed by atoms with E-state index < -0.39 is 23.3 Å². The SMILES string of the molecule is C=C1C=CCC(C(=O)O)C1(C)C(=O)O. The summed E-state index contributed by atoms with van der Waals surface area (Å²) in [5.41, 5.74) is -1.05. The number of hydrogen-bond donors (Lipinski definition) is 2. The van der Waals surface area contributed by atoms with Crippen LogP contribution in [0.3, 0.4) is 0 Å². The molecule has 2 N–H and O–H groups in total. The van der Waals surface area contributed by atoms with Crippen LogP contribution in [0.25, 0.3) is 0 Å². The topological polar surface area (TPSA) is 74.6 Å². The smallest absolute Gasteiger partial charge is 0.314 e. The second-order valence-corrected chi connectivity index (χ2v) is 3.56. The van der Waals surface area contributed by atoms with Gasteiger partial charge in [0.05, 0.1) is 5.92 Å². The highest BCUT2D eigenvalue weighted by atomic mass is 16.4. The highest BCUT2D eigenvalue weighted by Crippen LogP contribution is 2.41. The molecular formula is C10H12O4. The number of carboxylic acids is 2. The minimum atomic E-state index is -1.39. The molecule has 0 amide bonds. The Hall–Kier alpha value is -1.58. The van der Waals surface area contributed by atoms with Crippen molar-refractivity contribution in [2.45, 2.75) is 13.3 Å². The lowest BCUT2D eigenvalue weighted by molar-refractivity contribution is -0.158. The molecule has 0 aliphatic heterocycles. The summed E-state index contributed by atoms with van der Waals surface area (Å²) in [6.45, 7) is 4.99. The third-order valence-electron chi connectivity index (χ3n) is 2.80. The number of rotatable bonds is 2. The van der Waals surface area contributed by atoms with Crippen molar-refractivity contribution in [1.82, 2.24) is 0 Å². The number of allylic oxidation sites excluding steroid dienone is 2. The van der Waals surface area contributed by atoms with E-state index in [2.05, 4.69) is 6.58 Å². The molecule has 1 aliphatic carbocycles. The molecule has 2 atom stereocenters. The Kier molecular flexibility index (Phi) is 2.47. The zero-order valence-corrected chi connectivity index (χ0v) is 7.86. The van der Waals surface area contributed by atoms with Crippen molar-refractivity contribution < 1.29 is 19.8 Å². The van der Waals surface area contributed by atoms with Crippen LogP contribution in [-0.2, 0) is 9.59 Å². The summed E-state index contributed by atoms with van der Waals surface area (Å²) in [5, 5.41) is 17.9. The Morgan fingerprint density at radius 3 is 2.50 bits per heavy atom. The van der Waals surface area contributed by atoms with Crippen molar-refractivity contribution in [3.63, 3.8) is 0 Å². The van der Waals surface area contributed by atoms with Gasteiger partial charge in [-0.15, -0.1) is 0 Å². The average Bonchev–Trinajstić information content (AvgIpc) is 2.08. The van der Waals surface area contributed by atoms with E-state index in [9.17, 15) is 9.59 Å². The van der Waals surface area contributed by atoms with Gasteiger partial charge in [0.2, 0.25) is 0 Å². The van der Waals surface area contributed by atoms with Gasteiger partial charge in [0.15, 0.2) is 0 Å². The molecule has 0 fully saturated rings. The molecule has 4 nitrogen and oxygen atoms in total. The second kappa shape index (κ2) is 3.29. The first kappa shape index (κ1) is 10.5. The van der Waals surface area contributed by atoms with Gasteiger partial charge in [-0.05, 0) is 18.9 Å². The highest BCUT2D eigenvalue weighted by molar-refractivity contribution is 5.87. The van der Waals surface area contributed by atoms with Crippen molar-refractivity contribution >= 4 is 11.9 Å².